The maximum Gasteiger partial charge on any atom is 0.471 e. The Kier molecular flexibility index (Phi) is 7.60. The minimum absolute atomic E-state index is 0.0396. The lowest BCUT2D eigenvalue weighted by Gasteiger charge is -2.28. The number of ether oxygens (including phenoxy) is 1. The van der Waals surface area contributed by atoms with E-state index in [0.717, 1.165) is 13.5 Å². The molecule has 0 spiro atoms. The third-order valence-electron chi connectivity index (χ3n) is 2.74. The van der Waals surface area contributed by atoms with Crippen LogP contribution >= 0.6 is 0 Å². The zero-order valence-corrected chi connectivity index (χ0v) is 12.3. The number of unbranched alkanes of at least 4 members (excludes halogenated alkanes) is 1. The second-order valence-corrected chi connectivity index (χ2v) is 5.08. The Bertz CT molecular complexity index is 329. The molecule has 1 atom stereocenters. The van der Waals surface area contributed by atoms with Crippen LogP contribution in [0.1, 0.15) is 40.0 Å². The Morgan fingerprint density at radius 3 is 2.20 bits per heavy atom. The summed E-state index contributed by atoms with van der Waals surface area (Å²) in [6, 6.07) is -1.21. The second-order valence-electron chi connectivity index (χ2n) is 5.08. The van der Waals surface area contributed by atoms with Crippen LogP contribution in [-0.2, 0) is 14.3 Å². The standard InChI is InChI=1S/C13H22F3NO3/c1-5-6-7-20-11(18)10(8-9(2)3)17(4)12(19)13(14,15)16/h9-10H,5-8H2,1-4H3. The number of hydrogen-bond donors (Lipinski definition) is 0. The molecule has 4 nitrogen and oxygen atoms in total. The number of rotatable bonds is 7. The van der Waals surface area contributed by atoms with E-state index < -0.39 is 24.1 Å². The van der Waals surface area contributed by atoms with Gasteiger partial charge in [0.25, 0.3) is 0 Å². The van der Waals surface area contributed by atoms with Crippen LogP contribution in [0, 0.1) is 5.92 Å². The summed E-state index contributed by atoms with van der Waals surface area (Å²) in [5, 5.41) is 0. The van der Waals surface area contributed by atoms with E-state index in [0.29, 0.717) is 11.3 Å². The van der Waals surface area contributed by atoms with Crippen molar-refractivity contribution in [3.8, 4) is 0 Å². The van der Waals surface area contributed by atoms with Gasteiger partial charge in [-0.15, -0.1) is 0 Å². The third kappa shape index (κ3) is 6.25. The Balaban J connectivity index is 4.86. The van der Waals surface area contributed by atoms with Crippen molar-refractivity contribution in [1.29, 1.82) is 0 Å². The highest BCUT2D eigenvalue weighted by Crippen LogP contribution is 2.21. The van der Waals surface area contributed by atoms with Crippen LogP contribution < -0.4 is 0 Å². The van der Waals surface area contributed by atoms with Gasteiger partial charge >= 0.3 is 18.1 Å². The quantitative estimate of drug-likeness (QED) is 0.536. The van der Waals surface area contributed by atoms with Gasteiger partial charge in [0.1, 0.15) is 6.04 Å². The van der Waals surface area contributed by atoms with Gasteiger partial charge < -0.3 is 9.64 Å². The molecule has 0 heterocycles. The van der Waals surface area contributed by atoms with E-state index in [4.69, 9.17) is 4.74 Å². The predicted molar refractivity (Wildman–Crippen MR) is 67.9 cm³/mol. The van der Waals surface area contributed by atoms with Crippen LogP contribution in [0.25, 0.3) is 0 Å². The van der Waals surface area contributed by atoms with Crippen molar-refractivity contribution in [2.45, 2.75) is 52.3 Å². The molecule has 0 rings (SSSR count). The lowest BCUT2D eigenvalue weighted by molar-refractivity contribution is -0.189. The zero-order valence-electron chi connectivity index (χ0n) is 12.3. The monoisotopic (exact) mass is 297 g/mol. The molecule has 20 heavy (non-hydrogen) atoms. The van der Waals surface area contributed by atoms with Crippen LogP contribution in [0.3, 0.4) is 0 Å². The molecular formula is C13H22F3NO3. The third-order valence-corrected chi connectivity index (χ3v) is 2.74. The van der Waals surface area contributed by atoms with Crippen LogP contribution in [-0.4, -0.2) is 42.6 Å². The number of alkyl halides is 3. The van der Waals surface area contributed by atoms with Gasteiger partial charge in [0, 0.05) is 7.05 Å². The molecule has 1 amide bonds. The van der Waals surface area contributed by atoms with E-state index in [-0.39, 0.29) is 18.9 Å². The first kappa shape index (κ1) is 18.7. The number of nitrogens with zero attached hydrogens (tertiary/aromatic N) is 1. The Hall–Kier alpha value is -1.27. The first-order valence-corrected chi connectivity index (χ1v) is 6.61. The van der Waals surface area contributed by atoms with Crippen molar-refractivity contribution in [3.63, 3.8) is 0 Å². The predicted octanol–water partition coefficient (Wildman–Crippen LogP) is 2.77. The number of carbonyl (C=O) groups is 2. The number of amides is 1. The molecule has 0 N–H and O–H groups in total. The van der Waals surface area contributed by atoms with Crippen LogP contribution in [0.5, 0.6) is 0 Å². The SMILES string of the molecule is CCCCOC(=O)C(CC(C)C)N(C)C(=O)C(F)(F)F. The minimum Gasteiger partial charge on any atom is -0.464 e. The molecule has 0 radical (unpaired) electrons. The van der Waals surface area contributed by atoms with Crippen molar-refractivity contribution in [1.82, 2.24) is 4.90 Å². The molecule has 0 aliphatic carbocycles. The zero-order chi connectivity index (χ0) is 15.9. The molecule has 0 saturated carbocycles. The largest absolute Gasteiger partial charge is 0.471 e. The van der Waals surface area contributed by atoms with Crippen molar-refractivity contribution < 1.29 is 27.5 Å². The van der Waals surface area contributed by atoms with Gasteiger partial charge in [-0.2, -0.15) is 13.2 Å². The highest BCUT2D eigenvalue weighted by molar-refractivity contribution is 5.87. The van der Waals surface area contributed by atoms with Crippen molar-refractivity contribution in [2.75, 3.05) is 13.7 Å². The van der Waals surface area contributed by atoms with Crippen molar-refractivity contribution >= 4 is 11.9 Å². The van der Waals surface area contributed by atoms with Gasteiger partial charge in [-0.3, -0.25) is 4.79 Å². The lowest BCUT2D eigenvalue weighted by atomic mass is 10.0. The summed E-state index contributed by atoms with van der Waals surface area (Å²) < 4.78 is 42.2. The normalized spacial score (nSPS) is 13.2. The summed E-state index contributed by atoms with van der Waals surface area (Å²) in [5.74, 6) is -2.86. The molecule has 0 fully saturated rings. The number of carbonyl (C=O) groups excluding carboxylic acids is 2. The molecule has 1 unspecified atom stereocenters. The molecule has 0 aromatic carbocycles. The van der Waals surface area contributed by atoms with Crippen LogP contribution in [0.15, 0.2) is 0 Å². The molecule has 118 valence electrons. The molecule has 0 saturated heterocycles. The van der Waals surface area contributed by atoms with Crippen LogP contribution in [0.2, 0.25) is 0 Å². The Morgan fingerprint density at radius 1 is 1.25 bits per heavy atom. The van der Waals surface area contributed by atoms with Crippen LogP contribution in [0.4, 0.5) is 13.2 Å². The highest BCUT2D eigenvalue weighted by Gasteiger charge is 2.45. The summed E-state index contributed by atoms with van der Waals surface area (Å²) in [5.41, 5.74) is 0. The lowest BCUT2D eigenvalue weighted by Crippen LogP contribution is -2.49. The average molecular weight is 297 g/mol. The van der Waals surface area contributed by atoms with E-state index in [1.54, 1.807) is 13.8 Å². The summed E-state index contributed by atoms with van der Waals surface area (Å²) in [4.78, 5) is 23.5. The van der Waals surface area contributed by atoms with Crippen molar-refractivity contribution in [2.24, 2.45) is 5.92 Å². The van der Waals surface area contributed by atoms with Gasteiger partial charge in [-0.25, -0.2) is 4.79 Å². The number of halogens is 3. The number of hydrogen-bond acceptors (Lipinski definition) is 3. The fourth-order valence-electron chi connectivity index (χ4n) is 1.61. The van der Waals surface area contributed by atoms with Gasteiger partial charge in [0.15, 0.2) is 0 Å². The van der Waals surface area contributed by atoms with E-state index >= 15 is 0 Å². The second kappa shape index (κ2) is 8.11. The van der Waals surface area contributed by atoms with Gasteiger partial charge in [-0.05, 0) is 18.8 Å². The fourth-order valence-corrected chi connectivity index (χ4v) is 1.61. The summed E-state index contributed by atoms with van der Waals surface area (Å²) in [6.45, 7) is 5.58. The molecule has 0 aromatic heterocycles. The van der Waals surface area contributed by atoms with E-state index in [9.17, 15) is 22.8 Å². The van der Waals surface area contributed by atoms with Gasteiger partial charge in [0.05, 0.1) is 6.61 Å². The van der Waals surface area contributed by atoms with Gasteiger partial charge in [-0.1, -0.05) is 27.2 Å². The molecule has 0 aromatic rings. The fraction of sp³-hybridized carbons (Fsp3) is 0.846. The summed E-state index contributed by atoms with van der Waals surface area (Å²) in [7, 11) is 0.976. The van der Waals surface area contributed by atoms with E-state index in [1.165, 1.54) is 0 Å². The summed E-state index contributed by atoms with van der Waals surface area (Å²) >= 11 is 0. The molecule has 0 aliphatic rings. The summed E-state index contributed by atoms with van der Waals surface area (Å²) in [6.07, 6.45) is -3.42. The maximum absolute atomic E-state index is 12.4. The molecular weight excluding hydrogens is 275 g/mol. The molecule has 7 heteroatoms. The Morgan fingerprint density at radius 2 is 1.80 bits per heavy atom. The average Bonchev–Trinajstić information content (AvgIpc) is 2.33. The van der Waals surface area contributed by atoms with E-state index in [1.807, 2.05) is 6.92 Å². The highest BCUT2D eigenvalue weighted by atomic mass is 19.4. The Labute approximate surface area is 117 Å². The minimum atomic E-state index is -4.99. The van der Waals surface area contributed by atoms with E-state index in [2.05, 4.69) is 0 Å². The topological polar surface area (TPSA) is 46.6 Å². The van der Waals surface area contributed by atoms with Crippen molar-refractivity contribution in [3.05, 3.63) is 0 Å². The first-order chi connectivity index (χ1) is 9.11. The molecule has 0 aliphatic heterocycles. The van der Waals surface area contributed by atoms with Gasteiger partial charge in [0.2, 0.25) is 0 Å². The number of esters is 1. The smallest absolute Gasteiger partial charge is 0.464 e. The maximum atomic E-state index is 12.4. The molecule has 0 bridgehead atoms. The first-order valence-electron chi connectivity index (χ1n) is 6.61. The number of likely N-dealkylation sites (N-methyl/N-ethyl adjacent to an activating group) is 1.